The molecule has 0 aliphatic carbocycles. The number of nitrogens with zero attached hydrogens (tertiary/aromatic N) is 2. The molecule has 2 aromatic rings. The van der Waals surface area contributed by atoms with Crippen LogP contribution in [-0.4, -0.2) is 28.5 Å². The summed E-state index contributed by atoms with van der Waals surface area (Å²) in [5.74, 6) is 0.993. The van der Waals surface area contributed by atoms with Crippen molar-refractivity contribution in [1.29, 1.82) is 0 Å². The first-order chi connectivity index (χ1) is 10.2. The van der Waals surface area contributed by atoms with Crippen molar-refractivity contribution in [3.8, 4) is 0 Å². The van der Waals surface area contributed by atoms with Gasteiger partial charge in [0.2, 0.25) is 0 Å². The maximum absolute atomic E-state index is 13.3. The lowest BCUT2D eigenvalue weighted by molar-refractivity contribution is 0.189. The molecule has 0 amide bonds. The van der Waals surface area contributed by atoms with Crippen LogP contribution in [0.25, 0.3) is 10.9 Å². The van der Waals surface area contributed by atoms with E-state index in [0.717, 1.165) is 25.4 Å². The van der Waals surface area contributed by atoms with Gasteiger partial charge in [-0.25, -0.2) is 9.37 Å². The molecule has 0 radical (unpaired) electrons. The quantitative estimate of drug-likeness (QED) is 0.643. The molecule has 1 unspecified atom stereocenters. The molecule has 3 rings (SSSR count). The lowest BCUT2D eigenvalue weighted by Gasteiger charge is -2.12. The maximum atomic E-state index is 13.3. The molecule has 4 nitrogen and oxygen atoms in total. The second-order valence-corrected chi connectivity index (χ2v) is 6.13. The van der Waals surface area contributed by atoms with Gasteiger partial charge in [0.1, 0.15) is 5.82 Å². The molecular weight excluding hydrogens is 291 g/mol. The number of aromatic nitrogens is 2. The van der Waals surface area contributed by atoms with Crippen LogP contribution < -0.4 is 5.56 Å². The van der Waals surface area contributed by atoms with E-state index in [-0.39, 0.29) is 5.56 Å². The van der Waals surface area contributed by atoms with Crippen LogP contribution in [0.3, 0.4) is 0 Å². The van der Waals surface area contributed by atoms with Gasteiger partial charge in [-0.1, -0.05) is 11.8 Å². The van der Waals surface area contributed by atoms with E-state index in [0.29, 0.717) is 28.5 Å². The van der Waals surface area contributed by atoms with Gasteiger partial charge >= 0.3 is 0 Å². The van der Waals surface area contributed by atoms with Crippen LogP contribution in [0, 0.1) is 11.7 Å². The minimum atomic E-state index is -0.410. The smallest absolute Gasteiger partial charge is 0.262 e. The zero-order valence-corrected chi connectivity index (χ0v) is 12.7. The number of benzene rings is 1. The highest BCUT2D eigenvalue weighted by Gasteiger charge is 2.18. The zero-order valence-electron chi connectivity index (χ0n) is 11.8. The number of halogens is 1. The number of hydrogen-bond acceptors (Lipinski definition) is 4. The molecule has 0 N–H and O–H groups in total. The predicted octanol–water partition coefficient (Wildman–Crippen LogP) is 2.68. The van der Waals surface area contributed by atoms with Gasteiger partial charge in [0, 0.05) is 18.9 Å². The van der Waals surface area contributed by atoms with Crippen LogP contribution in [0.4, 0.5) is 4.39 Å². The standard InChI is InChI=1S/C15H17FN2O2S/c1-2-18-14(19)12-7-11(16)3-4-13(12)17-15(18)21-9-10-5-6-20-8-10/h3-4,7,10H,2,5-6,8-9H2,1H3. The fourth-order valence-electron chi connectivity index (χ4n) is 2.47. The monoisotopic (exact) mass is 308 g/mol. The highest BCUT2D eigenvalue weighted by atomic mass is 32.2. The average Bonchev–Trinajstić information content (AvgIpc) is 2.99. The van der Waals surface area contributed by atoms with Crippen LogP contribution in [0.15, 0.2) is 28.2 Å². The molecule has 0 saturated carbocycles. The van der Waals surface area contributed by atoms with Crippen molar-refractivity contribution in [3.05, 3.63) is 34.4 Å². The Kier molecular flexibility index (Phi) is 4.26. The van der Waals surface area contributed by atoms with Crippen LogP contribution in [0.1, 0.15) is 13.3 Å². The molecular formula is C15H17FN2O2S. The summed E-state index contributed by atoms with van der Waals surface area (Å²) in [5.41, 5.74) is 0.378. The molecule has 112 valence electrons. The fraction of sp³-hybridized carbons (Fsp3) is 0.467. The van der Waals surface area contributed by atoms with E-state index in [1.807, 2.05) is 6.92 Å². The Bertz CT molecular complexity index is 711. The largest absolute Gasteiger partial charge is 0.381 e. The van der Waals surface area contributed by atoms with Crippen molar-refractivity contribution in [2.45, 2.75) is 25.0 Å². The molecule has 1 atom stereocenters. The molecule has 1 aliphatic heterocycles. The molecule has 6 heteroatoms. The lowest BCUT2D eigenvalue weighted by atomic mass is 10.2. The van der Waals surface area contributed by atoms with Crippen molar-refractivity contribution >= 4 is 22.7 Å². The van der Waals surface area contributed by atoms with Gasteiger partial charge in [-0.3, -0.25) is 9.36 Å². The minimum absolute atomic E-state index is 0.174. The van der Waals surface area contributed by atoms with Gasteiger partial charge in [0.25, 0.3) is 5.56 Å². The molecule has 0 bridgehead atoms. The molecule has 1 aromatic heterocycles. The van der Waals surface area contributed by atoms with Gasteiger partial charge in [0.05, 0.1) is 17.5 Å². The third-order valence-corrected chi connectivity index (χ3v) is 4.88. The Morgan fingerprint density at radius 3 is 3.10 bits per heavy atom. The van der Waals surface area contributed by atoms with E-state index in [4.69, 9.17) is 4.74 Å². The van der Waals surface area contributed by atoms with Crippen molar-refractivity contribution in [3.63, 3.8) is 0 Å². The summed E-state index contributed by atoms with van der Waals surface area (Å²) in [6.45, 7) is 4.02. The minimum Gasteiger partial charge on any atom is -0.381 e. The summed E-state index contributed by atoms with van der Waals surface area (Å²) in [5, 5.41) is 1.04. The molecule has 1 aromatic carbocycles. The van der Waals surface area contributed by atoms with Crippen molar-refractivity contribution in [1.82, 2.24) is 9.55 Å². The Labute approximate surface area is 126 Å². The first-order valence-corrected chi connectivity index (χ1v) is 8.08. The van der Waals surface area contributed by atoms with E-state index >= 15 is 0 Å². The van der Waals surface area contributed by atoms with E-state index in [9.17, 15) is 9.18 Å². The number of thioether (sulfide) groups is 1. The van der Waals surface area contributed by atoms with E-state index in [2.05, 4.69) is 4.98 Å². The van der Waals surface area contributed by atoms with Crippen molar-refractivity contribution in [2.75, 3.05) is 19.0 Å². The first kappa shape index (κ1) is 14.5. The lowest BCUT2D eigenvalue weighted by Crippen LogP contribution is -2.23. The number of fused-ring (bicyclic) bond motifs is 1. The van der Waals surface area contributed by atoms with Gasteiger partial charge in [-0.15, -0.1) is 0 Å². The predicted molar refractivity (Wildman–Crippen MR) is 81.3 cm³/mol. The number of ether oxygens (including phenoxy) is 1. The Hall–Kier alpha value is -1.40. The Balaban J connectivity index is 1.96. The van der Waals surface area contributed by atoms with Crippen molar-refractivity contribution in [2.24, 2.45) is 5.92 Å². The Morgan fingerprint density at radius 1 is 1.52 bits per heavy atom. The average molecular weight is 308 g/mol. The second kappa shape index (κ2) is 6.15. The van der Waals surface area contributed by atoms with Gasteiger partial charge < -0.3 is 4.74 Å². The van der Waals surface area contributed by atoms with E-state index in [1.165, 1.54) is 12.1 Å². The van der Waals surface area contributed by atoms with Gasteiger partial charge in [0.15, 0.2) is 5.16 Å². The van der Waals surface area contributed by atoms with Crippen LogP contribution in [-0.2, 0) is 11.3 Å². The first-order valence-electron chi connectivity index (χ1n) is 7.09. The van der Waals surface area contributed by atoms with E-state index in [1.54, 1.807) is 22.4 Å². The molecule has 1 aliphatic rings. The van der Waals surface area contributed by atoms with Crippen LogP contribution in [0.5, 0.6) is 0 Å². The summed E-state index contributed by atoms with van der Waals surface area (Å²) < 4.78 is 20.3. The third-order valence-electron chi connectivity index (χ3n) is 3.67. The third kappa shape index (κ3) is 2.96. The normalized spacial score (nSPS) is 18.5. The van der Waals surface area contributed by atoms with Gasteiger partial charge in [-0.2, -0.15) is 0 Å². The number of hydrogen-bond donors (Lipinski definition) is 0. The summed E-state index contributed by atoms with van der Waals surface area (Å²) in [7, 11) is 0. The maximum Gasteiger partial charge on any atom is 0.262 e. The molecule has 2 heterocycles. The summed E-state index contributed by atoms with van der Waals surface area (Å²) >= 11 is 1.58. The zero-order chi connectivity index (χ0) is 14.8. The molecule has 21 heavy (non-hydrogen) atoms. The highest BCUT2D eigenvalue weighted by Crippen LogP contribution is 2.24. The molecule has 0 spiro atoms. The highest BCUT2D eigenvalue weighted by molar-refractivity contribution is 7.99. The van der Waals surface area contributed by atoms with E-state index < -0.39 is 5.82 Å². The van der Waals surface area contributed by atoms with Crippen LogP contribution in [0.2, 0.25) is 0 Å². The second-order valence-electron chi connectivity index (χ2n) is 5.15. The summed E-state index contributed by atoms with van der Waals surface area (Å²) in [6.07, 6.45) is 1.06. The summed E-state index contributed by atoms with van der Waals surface area (Å²) in [6, 6.07) is 4.16. The molecule has 1 fully saturated rings. The fourth-order valence-corrected chi connectivity index (χ4v) is 3.65. The topological polar surface area (TPSA) is 44.1 Å². The van der Waals surface area contributed by atoms with Gasteiger partial charge in [-0.05, 0) is 37.5 Å². The van der Waals surface area contributed by atoms with Crippen molar-refractivity contribution < 1.29 is 9.13 Å². The van der Waals surface area contributed by atoms with Crippen LogP contribution >= 0.6 is 11.8 Å². The Morgan fingerprint density at radius 2 is 2.38 bits per heavy atom. The SMILES string of the molecule is CCn1c(SCC2CCOC2)nc2ccc(F)cc2c1=O. The molecule has 1 saturated heterocycles. The summed E-state index contributed by atoms with van der Waals surface area (Å²) in [4.78, 5) is 17.0. The number of rotatable bonds is 4.